The van der Waals surface area contributed by atoms with Crippen molar-refractivity contribution in [1.82, 2.24) is 20.4 Å². The number of rotatable bonds is 7. The van der Waals surface area contributed by atoms with E-state index >= 15 is 0 Å². The molecular formula is C22H26ClN5O2. The minimum absolute atomic E-state index is 0.0417. The summed E-state index contributed by atoms with van der Waals surface area (Å²) in [5.41, 5.74) is 2.41. The van der Waals surface area contributed by atoms with Crippen molar-refractivity contribution in [3.63, 3.8) is 0 Å². The van der Waals surface area contributed by atoms with Gasteiger partial charge in [0.15, 0.2) is 0 Å². The molecule has 1 N–H and O–H groups in total. The number of piperidine rings is 1. The van der Waals surface area contributed by atoms with Gasteiger partial charge >= 0.3 is 0 Å². The van der Waals surface area contributed by atoms with Crippen molar-refractivity contribution in [2.75, 3.05) is 18.0 Å². The lowest BCUT2D eigenvalue weighted by Gasteiger charge is -2.28. The predicted octanol–water partition coefficient (Wildman–Crippen LogP) is 4.07. The number of fused-ring (bicyclic) bond motifs is 1. The Kier molecular flexibility index (Phi) is 6.47. The largest absolute Gasteiger partial charge is 0.356 e. The van der Waals surface area contributed by atoms with Gasteiger partial charge in [-0.3, -0.25) is 4.79 Å². The van der Waals surface area contributed by atoms with Crippen LogP contribution in [0.3, 0.4) is 0 Å². The van der Waals surface area contributed by atoms with Gasteiger partial charge in [-0.1, -0.05) is 35.8 Å². The molecule has 7 nitrogen and oxygen atoms in total. The van der Waals surface area contributed by atoms with Gasteiger partial charge in [0, 0.05) is 37.5 Å². The van der Waals surface area contributed by atoms with Crippen molar-refractivity contribution in [3.8, 4) is 0 Å². The van der Waals surface area contributed by atoms with Crippen molar-refractivity contribution in [2.45, 2.75) is 52.0 Å². The van der Waals surface area contributed by atoms with Crippen molar-refractivity contribution < 1.29 is 9.32 Å². The molecule has 158 valence electrons. The van der Waals surface area contributed by atoms with E-state index < -0.39 is 0 Å². The monoisotopic (exact) mass is 427 g/mol. The molecule has 1 aromatic carbocycles. The number of hydrogen-bond acceptors (Lipinski definition) is 6. The van der Waals surface area contributed by atoms with Crippen LogP contribution in [0.1, 0.15) is 49.7 Å². The first-order valence-electron chi connectivity index (χ1n) is 10.6. The summed E-state index contributed by atoms with van der Waals surface area (Å²) in [5, 5.41) is 8.71. The fourth-order valence-corrected chi connectivity index (χ4v) is 3.86. The third-order valence-electron chi connectivity index (χ3n) is 5.40. The zero-order chi connectivity index (χ0) is 20.9. The van der Waals surface area contributed by atoms with Gasteiger partial charge in [0.2, 0.25) is 5.91 Å². The molecule has 0 bridgehead atoms. The second-order valence-corrected chi connectivity index (χ2v) is 8.01. The summed E-state index contributed by atoms with van der Waals surface area (Å²) in [5.74, 6) is 1.47. The van der Waals surface area contributed by atoms with Crippen LogP contribution in [0.15, 0.2) is 28.8 Å². The molecule has 0 spiro atoms. The maximum Gasteiger partial charge on any atom is 0.263 e. The first kappa shape index (κ1) is 20.6. The smallest absolute Gasteiger partial charge is 0.263 e. The highest BCUT2D eigenvalue weighted by atomic mass is 35.5. The number of nitrogens with one attached hydrogen (secondary N) is 1. The SMILES string of the molecule is CCc1noc2nc(CCC(=O)NCc3ccc(Cl)cc3)nc(N3CCCCC3)c12. The van der Waals surface area contributed by atoms with Crippen LogP contribution < -0.4 is 10.2 Å². The van der Waals surface area contributed by atoms with Crippen LogP contribution in [-0.2, 0) is 24.2 Å². The Morgan fingerprint density at radius 1 is 1.17 bits per heavy atom. The van der Waals surface area contributed by atoms with Gasteiger partial charge in [-0.05, 0) is 43.4 Å². The second kappa shape index (κ2) is 9.43. The first-order valence-corrected chi connectivity index (χ1v) is 10.9. The normalized spacial score (nSPS) is 14.3. The number of carbonyl (C=O) groups excluding carboxylic acids is 1. The Bertz CT molecular complexity index is 1010. The van der Waals surface area contributed by atoms with Crippen LogP contribution in [0.5, 0.6) is 0 Å². The predicted molar refractivity (Wildman–Crippen MR) is 117 cm³/mol. The minimum Gasteiger partial charge on any atom is -0.356 e. The Balaban J connectivity index is 1.45. The number of aryl methyl sites for hydroxylation is 2. The number of hydrogen-bond donors (Lipinski definition) is 1. The molecule has 0 aliphatic carbocycles. The standard InChI is InChI=1S/C22H26ClN5O2/c1-2-17-20-21(28-12-4-3-5-13-28)25-18(26-22(20)30-27-17)10-11-19(29)24-14-15-6-8-16(23)9-7-15/h6-9H,2-5,10-14H2,1H3,(H,24,29). The average Bonchev–Trinajstić information content (AvgIpc) is 3.20. The fourth-order valence-electron chi connectivity index (χ4n) is 3.74. The third kappa shape index (κ3) is 4.73. The molecular weight excluding hydrogens is 402 g/mol. The highest BCUT2D eigenvalue weighted by molar-refractivity contribution is 6.30. The molecule has 8 heteroatoms. The van der Waals surface area contributed by atoms with Crippen molar-refractivity contribution in [1.29, 1.82) is 0 Å². The van der Waals surface area contributed by atoms with Gasteiger partial charge in [-0.2, -0.15) is 4.98 Å². The molecule has 4 rings (SSSR count). The summed E-state index contributed by atoms with van der Waals surface area (Å²) in [4.78, 5) is 24.0. The van der Waals surface area contributed by atoms with Crippen LogP contribution in [0.25, 0.3) is 11.1 Å². The Hall–Kier alpha value is -2.67. The van der Waals surface area contributed by atoms with E-state index in [1.165, 1.54) is 6.42 Å². The van der Waals surface area contributed by atoms with E-state index in [9.17, 15) is 4.79 Å². The highest BCUT2D eigenvalue weighted by Crippen LogP contribution is 2.29. The molecule has 3 aromatic rings. The van der Waals surface area contributed by atoms with Gasteiger partial charge in [0.1, 0.15) is 17.0 Å². The average molecular weight is 428 g/mol. The van der Waals surface area contributed by atoms with Crippen LogP contribution in [-0.4, -0.2) is 34.1 Å². The Morgan fingerprint density at radius 3 is 2.67 bits per heavy atom. The summed E-state index contributed by atoms with van der Waals surface area (Å²) < 4.78 is 5.49. The summed E-state index contributed by atoms with van der Waals surface area (Å²) in [6, 6.07) is 7.44. The van der Waals surface area contributed by atoms with E-state index in [1.807, 2.05) is 24.3 Å². The van der Waals surface area contributed by atoms with Crippen LogP contribution in [0.4, 0.5) is 5.82 Å². The lowest BCUT2D eigenvalue weighted by molar-refractivity contribution is -0.121. The zero-order valence-corrected chi connectivity index (χ0v) is 17.9. The number of nitrogens with zero attached hydrogens (tertiary/aromatic N) is 4. The zero-order valence-electron chi connectivity index (χ0n) is 17.2. The molecule has 1 saturated heterocycles. The van der Waals surface area contributed by atoms with Crippen molar-refractivity contribution in [2.24, 2.45) is 0 Å². The third-order valence-corrected chi connectivity index (χ3v) is 5.65. The van der Waals surface area contributed by atoms with Crippen LogP contribution in [0.2, 0.25) is 5.02 Å². The molecule has 1 fully saturated rings. The number of halogens is 1. The molecule has 3 heterocycles. The van der Waals surface area contributed by atoms with Crippen LogP contribution >= 0.6 is 11.6 Å². The fraction of sp³-hybridized carbons (Fsp3) is 0.455. The topological polar surface area (TPSA) is 84.1 Å². The van der Waals surface area contributed by atoms with E-state index in [1.54, 1.807) is 0 Å². The quantitative estimate of drug-likeness (QED) is 0.611. The maximum absolute atomic E-state index is 12.3. The first-order chi connectivity index (χ1) is 14.6. The Labute approximate surface area is 180 Å². The van der Waals surface area contributed by atoms with E-state index in [-0.39, 0.29) is 5.91 Å². The number of aromatic nitrogens is 3. The molecule has 1 aliphatic rings. The lowest BCUT2D eigenvalue weighted by atomic mass is 10.1. The highest BCUT2D eigenvalue weighted by Gasteiger charge is 2.22. The molecule has 0 atom stereocenters. The summed E-state index contributed by atoms with van der Waals surface area (Å²) >= 11 is 5.90. The van der Waals surface area contributed by atoms with E-state index in [0.29, 0.717) is 35.9 Å². The number of anilines is 1. The van der Waals surface area contributed by atoms with Crippen molar-refractivity contribution >= 4 is 34.4 Å². The molecule has 0 radical (unpaired) electrons. The van der Waals surface area contributed by atoms with E-state index in [2.05, 4.69) is 27.3 Å². The molecule has 1 amide bonds. The summed E-state index contributed by atoms with van der Waals surface area (Å²) in [7, 11) is 0. The minimum atomic E-state index is -0.0417. The number of amides is 1. The van der Waals surface area contributed by atoms with E-state index in [0.717, 1.165) is 54.8 Å². The summed E-state index contributed by atoms with van der Waals surface area (Å²) in [6.07, 6.45) is 5.08. The van der Waals surface area contributed by atoms with Gasteiger partial charge in [0.05, 0.1) is 5.69 Å². The van der Waals surface area contributed by atoms with Gasteiger partial charge < -0.3 is 14.7 Å². The van der Waals surface area contributed by atoms with Gasteiger partial charge in [-0.15, -0.1) is 0 Å². The van der Waals surface area contributed by atoms with Gasteiger partial charge in [0.25, 0.3) is 5.71 Å². The number of benzene rings is 1. The van der Waals surface area contributed by atoms with Crippen molar-refractivity contribution in [3.05, 3.63) is 46.4 Å². The molecule has 0 saturated carbocycles. The summed E-state index contributed by atoms with van der Waals surface area (Å²) in [6.45, 7) is 4.47. The molecule has 30 heavy (non-hydrogen) atoms. The molecule has 0 unspecified atom stereocenters. The molecule has 1 aliphatic heterocycles. The lowest BCUT2D eigenvalue weighted by Crippen LogP contribution is -2.31. The number of carbonyl (C=O) groups is 1. The van der Waals surface area contributed by atoms with Gasteiger partial charge in [-0.25, -0.2) is 4.98 Å². The Morgan fingerprint density at radius 2 is 1.93 bits per heavy atom. The second-order valence-electron chi connectivity index (χ2n) is 7.58. The maximum atomic E-state index is 12.3. The van der Waals surface area contributed by atoms with E-state index in [4.69, 9.17) is 21.1 Å². The van der Waals surface area contributed by atoms with Crippen LogP contribution in [0, 0.1) is 0 Å². The molecule has 2 aromatic heterocycles.